The van der Waals surface area contributed by atoms with Crippen molar-refractivity contribution in [1.82, 2.24) is 20.4 Å². The lowest BCUT2D eigenvalue weighted by molar-refractivity contribution is -0.122. The van der Waals surface area contributed by atoms with Crippen LogP contribution >= 0.6 is 0 Å². The number of carbonyl (C=O) groups is 1. The first-order valence-electron chi connectivity index (χ1n) is 9.93. The molecular formula is C21H33N5O3. The van der Waals surface area contributed by atoms with Crippen molar-refractivity contribution in [3.63, 3.8) is 0 Å². The van der Waals surface area contributed by atoms with Gasteiger partial charge in [0.15, 0.2) is 5.96 Å². The highest BCUT2D eigenvalue weighted by Gasteiger charge is 2.21. The maximum Gasteiger partial charge on any atom is 0.234 e. The number of carbonyl (C=O) groups excluding carboxylic acids is 1. The Morgan fingerprint density at radius 1 is 1.24 bits per heavy atom. The van der Waals surface area contributed by atoms with E-state index < -0.39 is 0 Å². The Hall–Kier alpha value is -2.58. The number of hydrogen-bond donors (Lipinski definition) is 2. The highest BCUT2D eigenvalue weighted by Crippen LogP contribution is 2.17. The first kappa shape index (κ1) is 22.7. The fourth-order valence-electron chi connectivity index (χ4n) is 3.12. The van der Waals surface area contributed by atoms with Gasteiger partial charge < -0.3 is 25.0 Å². The third-order valence-corrected chi connectivity index (χ3v) is 4.65. The van der Waals surface area contributed by atoms with Crippen molar-refractivity contribution in [2.45, 2.75) is 6.54 Å². The number of hydrogen-bond acceptors (Lipinski definition) is 5. The van der Waals surface area contributed by atoms with E-state index in [0.717, 1.165) is 43.5 Å². The number of guanidine groups is 1. The standard InChI is InChI=1S/C21H33N5O3/c1-4-14-29-19-8-6-5-7-18(19)16-24-21(22-2)26-12-10-25(11-13-26)17-20(27)23-9-15-28-3/h4-8H,1,9-17H2,2-3H3,(H,22,24)(H,23,27). The lowest BCUT2D eigenvalue weighted by Gasteiger charge is -2.36. The van der Waals surface area contributed by atoms with Crippen molar-refractivity contribution >= 4 is 11.9 Å². The van der Waals surface area contributed by atoms with Gasteiger partial charge in [-0.05, 0) is 6.07 Å². The second-order valence-corrected chi connectivity index (χ2v) is 6.71. The summed E-state index contributed by atoms with van der Waals surface area (Å²) in [4.78, 5) is 20.7. The first-order valence-corrected chi connectivity index (χ1v) is 9.93. The SMILES string of the molecule is C=CCOc1ccccc1CNC(=NC)N1CCN(CC(=O)NCCOC)CC1. The molecule has 0 spiro atoms. The Balaban J connectivity index is 1.79. The minimum absolute atomic E-state index is 0.0362. The average molecular weight is 404 g/mol. The van der Waals surface area contributed by atoms with Crippen LogP contribution in [0, 0.1) is 0 Å². The molecule has 1 aliphatic heterocycles. The number of para-hydroxylation sites is 1. The molecule has 8 heteroatoms. The molecule has 2 N–H and O–H groups in total. The van der Waals surface area contributed by atoms with Gasteiger partial charge in [-0.25, -0.2) is 0 Å². The monoisotopic (exact) mass is 403 g/mol. The minimum Gasteiger partial charge on any atom is -0.489 e. The lowest BCUT2D eigenvalue weighted by Crippen LogP contribution is -2.54. The Kier molecular flexibility index (Phi) is 10.0. The third kappa shape index (κ3) is 7.75. The molecule has 0 saturated carbocycles. The summed E-state index contributed by atoms with van der Waals surface area (Å²) in [6.07, 6.45) is 1.74. The number of amides is 1. The highest BCUT2D eigenvalue weighted by atomic mass is 16.5. The van der Waals surface area contributed by atoms with Crippen LogP contribution in [-0.2, 0) is 16.1 Å². The topological polar surface area (TPSA) is 78.4 Å². The summed E-state index contributed by atoms with van der Waals surface area (Å²) >= 11 is 0. The van der Waals surface area contributed by atoms with Crippen LogP contribution in [0.3, 0.4) is 0 Å². The zero-order valence-electron chi connectivity index (χ0n) is 17.5. The molecule has 2 rings (SSSR count). The summed E-state index contributed by atoms with van der Waals surface area (Å²) in [7, 11) is 3.41. The van der Waals surface area contributed by atoms with Crippen molar-refractivity contribution in [2.75, 3.05) is 66.6 Å². The molecular weight excluding hydrogens is 370 g/mol. The van der Waals surface area contributed by atoms with E-state index in [1.807, 2.05) is 24.3 Å². The molecule has 160 valence electrons. The molecule has 0 bridgehead atoms. The molecule has 1 aliphatic rings. The molecule has 0 aliphatic carbocycles. The van der Waals surface area contributed by atoms with E-state index in [0.29, 0.717) is 32.8 Å². The summed E-state index contributed by atoms with van der Waals surface area (Å²) in [6, 6.07) is 7.96. The van der Waals surface area contributed by atoms with Gasteiger partial charge in [0.25, 0.3) is 0 Å². The zero-order chi connectivity index (χ0) is 20.9. The maximum absolute atomic E-state index is 11.9. The number of ether oxygens (including phenoxy) is 2. The second-order valence-electron chi connectivity index (χ2n) is 6.71. The van der Waals surface area contributed by atoms with Crippen molar-refractivity contribution in [1.29, 1.82) is 0 Å². The third-order valence-electron chi connectivity index (χ3n) is 4.65. The van der Waals surface area contributed by atoms with E-state index in [2.05, 4.69) is 32.0 Å². The smallest absolute Gasteiger partial charge is 0.234 e. The van der Waals surface area contributed by atoms with Crippen LogP contribution in [-0.4, -0.2) is 88.3 Å². The summed E-state index contributed by atoms with van der Waals surface area (Å²) in [5.74, 6) is 1.74. The number of rotatable bonds is 10. The van der Waals surface area contributed by atoms with Gasteiger partial charge >= 0.3 is 0 Å². The molecule has 0 atom stereocenters. The van der Waals surface area contributed by atoms with E-state index >= 15 is 0 Å². The van der Waals surface area contributed by atoms with Crippen molar-refractivity contribution in [2.24, 2.45) is 4.99 Å². The Labute approximate surface area is 173 Å². The second kappa shape index (κ2) is 12.8. The summed E-state index contributed by atoms with van der Waals surface area (Å²) < 4.78 is 10.7. The minimum atomic E-state index is 0.0362. The molecule has 1 fully saturated rings. The Bertz CT molecular complexity index is 672. The number of piperazine rings is 1. The number of nitrogens with one attached hydrogen (secondary N) is 2. The maximum atomic E-state index is 11.9. The predicted molar refractivity (Wildman–Crippen MR) is 115 cm³/mol. The van der Waals surface area contributed by atoms with Gasteiger partial charge in [0.2, 0.25) is 5.91 Å². The van der Waals surface area contributed by atoms with E-state index in [4.69, 9.17) is 9.47 Å². The molecule has 1 aromatic rings. The van der Waals surface area contributed by atoms with Crippen molar-refractivity contribution in [3.8, 4) is 5.75 Å². The lowest BCUT2D eigenvalue weighted by atomic mass is 10.2. The number of benzene rings is 1. The van der Waals surface area contributed by atoms with Crippen LogP contribution < -0.4 is 15.4 Å². The van der Waals surface area contributed by atoms with Gasteiger partial charge in [0.05, 0.1) is 13.2 Å². The van der Waals surface area contributed by atoms with E-state index in [-0.39, 0.29) is 5.91 Å². The van der Waals surface area contributed by atoms with Crippen LogP contribution in [0.5, 0.6) is 5.75 Å². The van der Waals surface area contributed by atoms with Gasteiger partial charge in [-0.3, -0.25) is 14.7 Å². The fraction of sp³-hybridized carbons (Fsp3) is 0.524. The number of aliphatic imine (C=N–C) groups is 1. The quantitative estimate of drug-likeness (QED) is 0.259. The molecule has 0 unspecified atom stereocenters. The fourth-order valence-corrected chi connectivity index (χ4v) is 3.12. The highest BCUT2D eigenvalue weighted by molar-refractivity contribution is 5.80. The molecule has 8 nitrogen and oxygen atoms in total. The molecule has 0 radical (unpaired) electrons. The van der Waals surface area contributed by atoms with Crippen LogP contribution in [0.15, 0.2) is 41.9 Å². The molecule has 0 aromatic heterocycles. The number of nitrogens with zero attached hydrogens (tertiary/aromatic N) is 3. The summed E-state index contributed by atoms with van der Waals surface area (Å²) in [6.45, 7) is 9.56. The van der Waals surface area contributed by atoms with Crippen LogP contribution in [0.4, 0.5) is 0 Å². The van der Waals surface area contributed by atoms with Gasteiger partial charge in [0.1, 0.15) is 12.4 Å². The molecule has 29 heavy (non-hydrogen) atoms. The van der Waals surface area contributed by atoms with Crippen LogP contribution in [0.1, 0.15) is 5.56 Å². The molecule has 1 amide bonds. The van der Waals surface area contributed by atoms with Crippen LogP contribution in [0.2, 0.25) is 0 Å². The van der Waals surface area contributed by atoms with E-state index in [1.54, 1.807) is 20.2 Å². The van der Waals surface area contributed by atoms with E-state index in [9.17, 15) is 4.79 Å². The Morgan fingerprint density at radius 2 is 2.00 bits per heavy atom. The van der Waals surface area contributed by atoms with Gasteiger partial charge in [-0.1, -0.05) is 30.9 Å². The predicted octanol–water partition coefficient (Wildman–Crippen LogP) is 0.707. The van der Waals surface area contributed by atoms with Gasteiger partial charge in [-0.2, -0.15) is 0 Å². The molecule has 1 aromatic carbocycles. The normalized spacial score (nSPS) is 15.1. The van der Waals surface area contributed by atoms with Crippen LogP contribution in [0.25, 0.3) is 0 Å². The van der Waals surface area contributed by atoms with Gasteiger partial charge in [0, 0.05) is 59.0 Å². The molecule has 1 saturated heterocycles. The van der Waals surface area contributed by atoms with Gasteiger partial charge in [-0.15, -0.1) is 0 Å². The largest absolute Gasteiger partial charge is 0.489 e. The average Bonchev–Trinajstić information content (AvgIpc) is 2.74. The first-order chi connectivity index (χ1) is 14.2. The van der Waals surface area contributed by atoms with Crippen molar-refractivity contribution < 1.29 is 14.3 Å². The van der Waals surface area contributed by atoms with E-state index in [1.165, 1.54) is 0 Å². The summed E-state index contributed by atoms with van der Waals surface area (Å²) in [5, 5.41) is 6.28. The Morgan fingerprint density at radius 3 is 2.69 bits per heavy atom. The van der Waals surface area contributed by atoms with Crippen molar-refractivity contribution in [3.05, 3.63) is 42.5 Å². The summed E-state index contributed by atoms with van der Waals surface area (Å²) in [5.41, 5.74) is 1.07. The zero-order valence-corrected chi connectivity index (χ0v) is 17.5. The molecule has 1 heterocycles. The number of methoxy groups -OCH3 is 1.